The monoisotopic (exact) mass is 393 g/mol. The fraction of sp³-hybridized carbons (Fsp3) is 0.500. The van der Waals surface area contributed by atoms with Crippen LogP contribution in [0.4, 0.5) is 5.69 Å². The van der Waals surface area contributed by atoms with Gasteiger partial charge in [-0.25, -0.2) is 0 Å². The Bertz CT molecular complexity index is 934. The van der Waals surface area contributed by atoms with Crippen molar-refractivity contribution >= 4 is 22.5 Å². The number of rotatable bonds is 5. The highest BCUT2D eigenvalue weighted by Gasteiger charge is 2.38. The number of hydrogen-bond donors (Lipinski definition) is 1. The molecule has 1 amide bonds. The first-order valence-corrected chi connectivity index (χ1v) is 10.3. The van der Waals surface area contributed by atoms with Gasteiger partial charge < -0.3 is 19.9 Å². The summed E-state index contributed by atoms with van der Waals surface area (Å²) in [5.41, 5.74) is 2.25. The van der Waals surface area contributed by atoms with E-state index in [-0.39, 0.29) is 12.0 Å². The number of nitrogens with one attached hydrogen (secondary N) is 1. The third-order valence-electron chi connectivity index (χ3n) is 5.70. The number of aromatic nitrogens is 1. The van der Waals surface area contributed by atoms with E-state index in [1.807, 2.05) is 36.1 Å². The summed E-state index contributed by atoms with van der Waals surface area (Å²) >= 11 is 0. The van der Waals surface area contributed by atoms with Crippen molar-refractivity contribution in [2.45, 2.75) is 26.1 Å². The molecule has 0 radical (unpaired) electrons. The maximum Gasteiger partial charge on any atom is 0.253 e. The summed E-state index contributed by atoms with van der Waals surface area (Å²) in [5.74, 6) is 0.606. The van der Waals surface area contributed by atoms with Crippen molar-refractivity contribution in [1.29, 1.82) is 5.26 Å². The fourth-order valence-corrected chi connectivity index (χ4v) is 4.24. The average Bonchev–Trinajstić information content (AvgIpc) is 2.71. The van der Waals surface area contributed by atoms with Crippen molar-refractivity contribution in [3.63, 3.8) is 0 Å². The Morgan fingerprint density at radius 3 is 2.90 bits per heavy atom. The summed E-state index contributed by atoms with van der Waals surface area (Å²) in [5, 5.41) is 13.7. The largest absolute Gasteiger partial charge is 0.365 e. The average molecular weight is 393 g/mol. The number of carbonyl (C=O) groups excluding carboxylic acids is 1. The Kier molecular flexibility index (Phi) is 5.65. The molecule has 0 spiro atoms. The predicted molar refractivity (Wildman–Crippen MR) is 112 cm³/mol. The molecule has 2 aliphatic rings. The number of fused-ring (bicyclic) bond motifs is 1. The molecule has 152 valence electrons. The first-order chi connectivity index (χ1) is 14.1. The van der Waals surface area contributed by atoms with E-state index in [4.69, 9.17) is 4.74 Å². The van der Waals surface area contributed by atoms with Gasteiger partial charge in [0.2, 0.25) is 0 Å². The molecule has 7 heteroatoms. The van der Waals surface area contributed by atoms with Gasteiger partial charge in [-0.05, 0) is 37.7 Å². The van der Waals surface area contributed by atoms with Gasteiger partial charge in [-0.3, -0.25) is 9.78 Å². The number of pyridine rings is 1. The lowest BCUT2D eigenvalue weighted by atomic mass is 9.98. The Morgan fingerprint density at radius 2 is 2.14 bits per heavy atom. The van der Waals surface area contributed by atoms with Crippen molar-refractivity contribution in [3.8, 4) is 6.07 Å². The van der Waals surface area contributed by atoms with Crippen LogP contribution >= 0.6 is 0 Å². The summed E-state index contributed by atoms with van der Waals surface area (Å²) in [4.78, 5) is 21.5. The normalized spacial score (nSPS) is 22.4. The van der Waals surface area contributed by atoms with Crippen LogP contribution in [0.15, 0.2) is 30.5 Å². The van der Waals surface area contributed by atoms with Crippen LogP contribution in [0.3, 0.4) is 0 Å². The first-order valence-electron chi connectivity index (χ1n) is 10.3. The Hall–Kier alpha value is -2.69. The van der Waals surface area contributed by atoms with Gasteiger partial charge in [-0.15, -0.1) is 0 Å². The Balaban J connectivity index is 1.51. The van der Waals surface area contributed by atoms with Gasteiger partial charge in [-0.2, -0.15) is 5.26 Å². The van der Waals surface area contributed by atoms with Crippen LogP contribution < -0.4 is 10.2 Å². The third-order valence-corrected chi connectivity index (χ3v) is 5.70. The van der Waals surface area contributed by atoms with Gasteiger partial charge >= 0.3 is 0 Å². The Labute approximate surface area is 171 Å². The molecule has 7 nitrogen and oxygen atoms in total. The molecule has 2 aliphatic heterocycles. The SMILES string of the molecule is CCNCC1CN(C(=O)C2CN(c3ccc(C#N)c4ncccc34)CC(C)O2)C1. The van der Waals surface area contributed by atoms with Crippen LogP contribution in [0.25, 0.3) is 10.9 Å². The lowest BCUT2D eigenvalue weighted by Crippen LogP contribution is -2.60. The second kappa shape index (κ2) is 8.36. The zero-order valence-corrected chi connectivity index (χ0v) is 17.0. The molecule has 2 aromatic rings. The van der Waals surface area contributed by atoms with Gasteiger partial charge in [0.05, 0.1) is 23.7 Å². The molecule has 2 saturated heterocycles. The molecule has 0 aliphatic carbocycles. The molecule has 2 atom stereocenters. The highest BCUT2D eigenvalue weighted by molar-refractivity contribution is 5.95. The van der Waals surface area contributed by atoms with Crippen molar-refractivity contribution in [3.05, 3.63) is 36.0 Å². The number of nitriles is 1. The van der Waals surface area contributed by atoms with Gasteiger partial charge in [-0.1, -0.05) is 6.92 Å². The number of benzene rings is 1. The van der Waals surface area contributed by atoms with E-state index in [9.17, 15) is 10.1 Å². The summed E-state index contributed by atoms with van der Waals surface area (Å²) in [7, 11) is 0. The summed E-state index contributed by atoms with van der Waals surface area (Å²) in [6.45, 7) is 8.80. The lowest BCUT2D eigenvalue weighted by Gasteiger charge is -2.44. The summed E-state index contributed by atoms with van der Waals surface area (Å²) < 4.78 is 6.01. The molecular formula is C22H27N5O2. The molecule has 1 aromatic heterocycles. The number of carbonyl (C=O) groups is 1. The minimum Gasteiger partial charge on any atom is -0.365 e. The van der Waals surface area contributed by atoms with E-state index in [1.165, 1.54) is 0 Å². The number of likely N-dealkylation sites (tertiary alicyclic amines) is 1. The highest BCUT2D eigenvalue weighted by Crippen LogP contribution is 2.31. The standard InChI is InChI=1S/C22H27N5O2/c1-3-24-10-16-12-27(13-16)22(28)20-14-26(11-15(2)29-20)19-7-6-17(9-23)21-18(19)5-4-8-25-21/h4-8,15-16,20,24H,3,10-14H2,1-2H3. The molecule has 2 unspecified atom stereocenters. The van der Waals surface area contributed by atoms with Crippen LogP contribution in [-0.2, 0) is 9.53 Å². The van der Waals surface area contributed by atoms with Crippen molar-refractivity contribution in [2.75, 3.05) is 44.2 Å². The van der Waals surface area contributed by atoms with Crippen LogP contribution in [0, 0.1) is 17.2 Å². The number of amides is 1. The van der Waals surface area contributed by atoms with Gasteiger partial charge in [0, 0.05) is 49.4 Å². The van der Waals surface area contributed by atoms with Crippen molar-refractivity contribution < 1.29 is 9.53 Å². The zero-order valence-electron chi connectivity index (χ0n) is 17.0. The molecule has 29 heavy (non-hydrogen) atoms. The minimum atomic E-state index is -0.471. The van der Waals surface area contributed by atoms with E-state index < -0.39 is 6.10 Å². The predicted octanol–water partition coefficient (Wildman–Crippen LogP) is 1.77. The molecule has 0 saturated carbocycles. The van der Waals surface area contributed by atoms with Crippen LogP contribution in [0.2, 0.25) is 0 Å². The number of nitrogens with zero attached hydrogens (tertiary/aromatic N) is 4. The second-order valence-electron chi connectivity index (χ2n) is 7.90. The summed E-state index contributed by atoms with van der Waals surface area (Å²) in [6, 6.07) is 9.84. The first kappa shape index (κ1) is 19.6. The second-order valence-corrected chi connectivity index (χ2v) is 7.90. The topological polar surface area (TPSA) is 81.5 Å². The zero-order chi connectivity index (χ0) is 20.4. The number of hydrogen-bond acceptors (Lipinski definition) is 6. The van der Waals surface area contributed by atoms with Crippen molar-refractivity contribution in [2.24, 2.45) is 5.92 Å². The molecule has 1 N–H and O–H groups in total. The van der Waals surface area contributed by atoms with E-state index in [0.717, 1.165) is 37.3 Å². The Morgan fingerprint density at radius 1 is 1.31 bits per heavy atom. The number of anilines is 1. The third kappa shape index (κ3) is 3.91. The number of ether oxygens (including phenoxy) is 1. The maximum atomic E-state index is 13.0. The highest BCUT2D eigenvalue weighted by atomic mass is 16.5. The molecule has 0 bridgehead atoms. The van der Waals surface area contributed by atoms with Crippen molar-refractivity contribution in [1.82, 2.24) is 15.2 Å². The van der Waals surface area contributed by atoms with Gasteiger partial charge in [0.15, 0.2) is 6.10 Å². The number of morpholine rings is 1. The summed E-state index contributed by atoms with van der Waals surface area (Å²) in [6.07, 6.45) is 1.18. The molecular weight excluding hydrogens is 366 g/mol. The smallest absolute Gasteiger partial charge is 0.253 e. The van der Waals surface area contributed by atoms with Crippen LogP contribution in [0.1, 0.15) is 19.4 Å². The quantitative estimate of drug-likeness (QED) is 0.834. The maximum absolute atomic E-state index is 13.0. The molecule has 2 fully saturated rings. The fourth-order valence-electron chi connectivity index (χ4n) is 4.24. The van der Waals surface area contributed by atoms with E-state index >= 15 is 0 Å². The lowest BCUT2D eigenvalue weighted by molar-refractivity contribution is -0.154. The molecule has 1 aromatic carbocycles. The van der Waals surface area contributed by atoms with Gasteiger partial charge in [0.25, 0.3) is 5.91 Å². The molecule has 3 heterocycles. The van der Waals surface area contributed by atoms with E-state index in [2.05, 4.69) is 28.2 Å². The van der Waals surface area contributed by atoms with Gasteiger partial charge in [0.1, 0.15) is 6.07 Å². The van der Waals surface area contributed by atoms with Crippen LogP contribution in [-0.4, -0.2) is 67.3 Å². The van der Waals surface area contributed by atoms with Crippen LogP contribution in [0.5, 0.6) is 0 Å². The van der Waals surface area contributed by atoms with E-state index in [0.29, 0.717) is 30.1 Å². The van der Waals surface area contributed by atoms with E-state index in [1.54, 1.807) is 6.20 Å². The minimum absolute atomic E-state index is 0.0566. The molecule has 4 rings (SSSR count).